The van der Waals surface area contributed by atoms with Gasteiger partial charge in [0.1, 0.15) is 10.7 Å². The number of esters is 1. The Morgan fingerprint density at radius 2 is 2.05 bits per heavy atom. The number of hydrogen-bond acceptors (Lipinski definition) is 5. The Bertz CT molecular complexity index is 851. The van der Waals surface area contributed by atoms with Gasteiger partial charge in [0.25, 0.3) is 0 Å². The molecule has 0 bridgehead atoms. The van der Waals surface area contributed by atoms with Crippen molar-refractivity contribution in [3.8, 4) is 9.75 Å². The Morgan fingerprint density at radius 3 is 2.76 bits per heavy atom. The largest absolute Gasteiger partial charge is 0.465 e. The number of benzene rings is 1. The van der Waals surface area contributed by atoms with Gasteiger partial charge in [-0.2, -0.15) is 0 Å². The fourth-order valence-corrected chi connectivity index (χ4v) is 4.51. The number of methoxy groups -OCH3 is 1. The van der Waals surface area contributed by atoms with Crippen LogP contribution in [0.1, 0.15) is 15.2 Å². The van der Waals surface area contributed by atoms with Gasteiger partial charge in [0.2, 0.25) is 0 Å². The minimum absolute atomic E-state index is 0.256. The normalized spacial score (nSPS) is 11.0. The Balaban J connectivity index is 2.16. The smallest absolute Gasteiger partial charge is 0.350 e. The summed E-state index contributed by atoms with van der Waals surface area (Å²) in [6.07, 6.45) is 0. The quantitative estimate of drug-likeness (QED) is 0.710. The van der Waals surface area contributed by atoms with Crippen LogP contribution in [0.2, 0.25) is 0 Å². The predicted octanol–water partition coefficient (Wildman–Crippen LogP) is 4.45. The molecule has 6 heteroatoms. The zero-order valence-electron chi connectivity index (χ0n) is 11.4. The summed E-state index contributed by atoms with van der Waals surface area (Å²) >= 11 is 2.79. The van der Waals surface area contributed by atoms with Crippen molar-refractivity contribution in [2.75, 3.05) is 12.8 Å². The van der Waals surface area contributed by atoms with Crippen LogP contribution in [0, 0.1) is 12.7 Å². The molecule has 21 heavy (non-hydrogen) atoms. The topological polar surface area (TPSA) is 52.3 Å². The van der Waals surface area contributed by atoms with Crippen molar-refractivity contribution >= 4 is 44.4 Å². The molecular formula is C15H12FNO2S2. The second-order valence-electron chi connectivity index (χ2n) is 4.58. The molecule has 1 aromatic carbocycles. The summed E-state index contributed by atoms with van der Waals surface area (Å²) in [5.74, 6) is -0.687. The Labute approximate surface area is 128 Å². The lowest BCUT2D eigenvalue weighted by Crippen LogP contribution is -2.01. The first-order valence-corrected chi connectivity index (χ1v) is 7.81. The van der Waals surface area contributed by atoms with E-state index in [1.54, 1.807) is 6.07 Å². The van der Waals surface area contributed by atoms with Crippen LogP contribution >= 0.6 is 22.7 Å². The van der Waals surface area contributed by atoms with E-state index >= 15 is 0 Å². The fraction of sp³-hybridized carbons (Fsp3) is 0.133. The molecule has 3 nitrogen and oxygen atoms in total. The van der Waals surface area contributed by atoms with Crippen molar-refractivity contribution in [3.63, 3.8) is 0 Å². The molecule has 0 aliphatic heterocycles. The van der Waals surface area contributed by atoms with Crippen LogP contribution in [0.25, 0.3) is 19.8 Å². The van der Waals surface area contributed by atoms with Crippen LogP contribution in [0.4, 0.5) is 10.1 Å². The number of thiophene rings is 2. The highest BCUT2D eigenvalue weighted by Crippen LogP contribution is 2.43. The number of hydrogen-bond donors (Lipinski definition) is 1. The van der Waals surface area contributed by atoms with Crippen LogP contribution in [0.15, 0.2) is 24.3 Å². The third-order valence-corrected chi connectivity index (χ3v) is 5.84. The van der Waals surface area contributed by atoms with E-state index in [-0.39, 0.29) is 5.82 Å². The molecule has 0 aliphatic rings. The van der Waals surface area contributed by atoms with Crippen LogP contribution in [-0.2, 0) is 4.74 Å². The van der Waals surface area contributed by atoms with E-state index in [2.05, 4.69) is 0 Å². The van der Waals surface area contributed by atoms with Crippen LogP contribution in [0.5, 0.6) is 0 Å². The van der Waals surface area contributed by atoms with E-state index in [4.69, 9.17) is 10.5 Å². The Hall–Kier alpha value is -1.92. The number of fused-ring (bicyclic) bond motifs is 1. The minimum atomic E-state index is -0.431. The van der Waals surface area contributed by atoms with Crippen molar-refractivity contribution in [1.82, 2.24) is 0 Å². The van der Waals surface area contributed by atoms with Gasteiger partial charge in [0, 0.05) is 9.58 Å². The molecular weight excluding hydrogens is 309 g/mol. The van der Waals surface area contributed by atoms with Gasteiger partial charge in [0.15, 0.2) is 0 Å². The van der Waals surface area contributed by atoms with Gasteiger partial charge in [-0.15, -0.1) is 22.7 Å². The molecule has 2 N–H and O–H groups in total. The van der Waals surface area contributed by atoms with Crippen molar-refractivity contribution in [3.05, 3.63) is 40.5 Å². The Morgan fingerprint density at radius 1 is 1.29 bits per heavy atom. The summed E-state index contributed by atoms with van der Waals surface area (Å²) < 4.78 is 18.9. The lowest BCUT2D eigenvalue weighted by atomic mass is 10.2. The molecule has 3 aromatic rings. The molecule has 2 aromatic heterocycles. The maximum Gasteiger partial charge on any atom is 0.350 e. The highest BCUT2D eigenvalue weighted by atomic mass is 32.1. The molecule has 2 heterocycles. The fourth-order valence-electron chi connectivity index (χ4n) is 2.12. The van der Waals surface area contributed by atoms with Crippen molar-refractivity contribution in [2.24, 2.45) is 0 Å². The van der Waals surface area contributed by atoms with Crippen LogP contribution < -0.4 is 5.73 Å². The first kappa shape index (κ1) is 14.0. The van der Waals surface area contributed by atoms with Gasteiger partial charge in [-0.25, -0.2) is 9.18 Å². The molecule has 0 spiro atoms. The molecule has 0 saturated heterocycles. The molecule has 0 atom stereocenters. The first-order chi connectivity index (χ1) is 10.0. The van der Waals surface area contributed by atoms with Gasteiger partial charge in [0.05, 0.1) is 17.7 Å². The average Bonchev–Trinajstić information content (AvgIpc) is 3.00. The number of nitrogen functional groups attached to an aromatic ring is 1. The zero-order valence-corrected chi connectivity index (χ0v) is 13.0. The van der Waals surface area contributed by atoms with Crippen LogP contribution in [0.3, 0.4) is 0 Å². The van der Waals surface area contributed by atoms with Crippen molar-refractivity contribution in [2.45, 2.75) is 6.92 Å². The lowest BCUT2D eigenvalue weighted by molar-refractivity contribution is 0.0607. The minimum Gasteiger partial charge on any atom is -0.465 e. The van der Waals surface area contributed by atoms with E-state index in [1.807, 2.05) is 13.0 Å². The summed E-state index contributed by atoms with van der Waals surface area (Å²) in [5.41, 5.74) is 7.29. The molecule has 0 fully saturated rings. The van der Waals surface area contributed by atoms with E-state index < -0.39 is 5.97 Å². The number of anilines is 1. The summed E-state index contributed by atoms with van der Waals surface area (Å²) in [6.45, 7) is 1.87. The van der Waals surface area contributed by atoms with Crippen LogP contribution in [-0.4, -0.2) is 13.1 Å². The summed E-state index contributed by atoms with van der Waals surface area (Å²) in [5, 5.41) is 0.974. The highest BCUT2D eigenvalue weighted by molar-refractivity contribution is 7.26. The summed E-state index contributed by atoms with van der Waals surface area (Å²) in [6, 6.07) is 6.68. The number of ether oxygens (including phenoxy) is 1. The van der Waals surface area contributed by atoms with Gasteiger partial charge >= 0.3 is 5.97 Å². The van der Waals surface area contributed by atoms with Gasteiger partial charge in [-0.1, -0.05) is 6.07 Å². The number of nitrogens with two attached hydrogens (primary N) is 1. The van der Waals surface area contributed by atoms with Gasteiger partial charge in [-0.3, -0.25) is 0 Å². The average molecular weight is 321 g/mol. The van der Waals surface area contributed by atoms with Gasteiger partial charge < -0.3 is 10.5 Å². The van der Waals surface area contributed by atoms with E-state index in [9.17, 15) is 9.18 Å². The van der Waals surface area contributed by atoms with E-state index in [1.165, 1.54) is 41.9 Å². The van der Waals surface area contributed by atoms with Crippen molar-refractivity contribution < 1.29 is 13.9 Å². The standard InChI is InChI=1S/C15H12FNO2S2/c1-7-12(17)14(15(18)19-2)21-13(7)11-5-8-3-4-9(16)6-10(8)20-11/h3-6H,17H2,1-2H3. The molecule has 0 radical (unpaired) electrons. The van der Waals surface area contributed by atoms with E-state index in [0.717, 1.165) is 25.4 Å². The molecule has 108 valence electrons. The SMILES string of the molecule is COC(=O)c1sc(-c2cc3ccc(F)cc3s2)c(C)c1N. The maximum absolute atomic E-state index is 13.3. The number of carbonyl (C=O) groups excluding carboxylic acids is 1. The monoisotopic (exact) mass is 321 g/mol. The summed E-state index contributed by atoms with van der Waals surface area (Å²) in [4.78, 5) is 14.0. The van der Waals surface area contributed by atoms with Gasteiger partial charge in [-0.05, 0) is 36.1 Å². The third-order valence-electron chi connectivity index (χ3n) is 3.27. The predicted molar refractivity (Wildman–Crippen MR) is 85.6 cm³/mol. The van der Waals surface area contributed by atoms with E-state index in [0.29, 0.717) is 10.6 Å². The molecule has 0 unspecified atom stereocenters. The second kappa shape index (κ2) is 5.13. The highest BCUT2D eigenvalue weighted by Gasteiger charge is 2.21. The first-order valence-electron chi connectivity index (χ1n) is 6.18. The molecule has 0 aliphatic carbocycles. The molecule has 0 amide bonds. The number of carbonyl (C=O) groups is 1. The maximum atomic E-state index is 13.3. The molecule has 0 saturated carbocycles. The number of rotatable bonds is 2. The number of halogens is 1. The van der Waals surface area contributed by atoms with Crippen molar-refractivity contribution in [1.29, 1.82) is 0 Å². The Kier molecular flexibility index (Phi) is 3.43. The third kappa shape index (κ3) is 2.30. The second-order valence-corrected chi connectivity index (χ2v) is 6.69. The lowest BCUT2D eigenvalue weighted by Gasteiger charge is -1.96. The zero-order chi connectivity index (χ0) is 15.1. The molecule has 3 rings (SSSR count). The summed E-state index contributed by atoms with van der Waals surface area (Å²) in [7, 11) is 1.33.